The van der Waals surface area contributed by atoms with Crippen LogP contribution in [0.3, 0.4) is 0 Å². The van der Waals surface area contributed by atoms with Gasteiger partial charge in [0.25, 0.3) is 0 Å². The molecule has 0 heterocycles. The van der Waals surface area contributed by atoms with Gasteiger partial charge < -0.3 is 15.3 Å². The van der Waals surface area contributed by atoms with Crippen LogP contribution >= 0.6 is 11.8 Å². The van der Waals surface area contributed by atoms with Gasteiger partial charge in [-0.15, -0.1) is 0 Å². The van der Waals surface area contributed by atoms with Crippen LogP contribution in [0.15, 0.2) is 0 Å². The standard InChI is InChI=1S/C15H28N2O3S/c1-11-5-8-15(9-6-11,13(18)19)16-14(20)17(3)12(2)7-10-21-4/h11-12H,5-10H2,1-4H3,(H,16,20)(H,18,19). The third-order valence-corrected chi connectivity index (χ3v) is 5.25. The number of aliphatic carboxylic acids is 1. The van der Waals surface area contributed by atoms with Gasteiger partial charge >= 0.3 is 12.0 Å². The monoisotopic (exact) mass is 316 g/mol. The van der Waals surface area contributed by atoms with Crippen LogP contribution in [0.4, 0.5) is 4.79 Å². The Kier molecular flexibility index (Phi) is 6.84. The van der Waals surface area contributed by atoms with Crippen molar-refractivity contribution in [1.82, 2.24) is 10.2 Å². The molecular weight excluding hydrogens is 288 g/mol. The predicted molar refractivity (Wildman–Crippen MR) is 86.8 cm³/mol. The first kappa shape index (κ1) is 18.1. The van der Waals surface area contributed by atoms with Gasteiger partial charge in [-0.3, -0.25) is 0 Å². The fourth-order valence-corrected chi connectivity index (χ4v) is 3.20. The summed E-state index contributed by atoms with van der Waals surface area (Å²) in [6.45, 7) is 4.12. The summed E-state index contributed by atoms with van der Waals surface area (Å²) in [6, 6.07) is -0.175. The van der Waals surface area contributed by atoms with Crippen molar-refractivity contribution in [3.8, 4) is 0 Å². The molecule has 0 aliphatic heterocycles. The molecule has 1 atom stereocenters. The molecule has 0 aromatic carbocycles. The van der Waals surface area contributed by atoms with E-state index < -0.39 is 11.5 Å². The zero-order valence-corrected chi connectivity index (χ0v) is 14.3. The van der Waals surface area contributed by atoms with Crippen molar-refractivity contribution >= 4 is 23.8 Å². The van der Waals surface area contributed by atoms with Gasteiger partial charge in [0.1, 0.15) is 5.54 Å². The van der Waals surface area contributed by atoms with Crippen molar-refractivity contribution in [2.24, 2.45) is 5.92 Å². The highest BCUT2D eigenvalue weighted by Gasteiger charge is 2.43. The lowest BCUT2D eigenvalue weighted by atomic mass is 9.77. The molecule has 1 rings (SSSR count). The third kappa shape index (κ3) is 4.80. The number of carboxylic acid groups (broad SMARTS) is 1. The number of carbonyl (C=O) groups is 2. The summed E-state index contributed by atoms with van der Waals surface area (Å²) in [7, 11) is 1.74. The van der Waals surface area contributed by atoms with E-state index in [1.165, 1.54) is 0 Å². The number of carbonyl (C=O) groups excluding carboxylic acids is 1. The van der Waals surface area contributed by atoms with E-state index in [0.29, 0.717) is 18.8 Å². The van der Waals surface area contributed by atoms with Crippen molar-refractivity contribution in [2.45, 2.75) is 57.5 Å². The number of hydrogen-bond donors (Lipinski definition) is 2. The summed E-state index contributed by atoms with van der Waals surface area (Å²) in [6.07, 6.45) is 5.67. The average Bonchev–Trinajstić information content (AvgIpc) is 2.46. The first-order valence-corrected chi connectivity index (χ1v) is 8.99. The number of amides is 2. The Balaban J connectivity index is 2.67. The number of carboxylic acids is 1. The molecule has 1 unspecified atom stereocenters. The second kappa shape index (κ2) is 7.92. The topological polar surface area (TPSA) is 69.6 Å². The van der Waals surface area contributed by atoms with E-state index in [0.717, 1.165) is 25.0 Å². The fourth-order valence-electron chi connectivity index (χ4n) is 2.62. The van der Waals surface area contributed by atoms with Gasteiger partial charge in [0.2, 0.25) is 0 Å². The molecule has 5 nitrogen and oxygen atoms in total. The van der Waals surface area contributed by atoms with Gasteiger partial charge in [-0.25, -0.2) is 9.59 Å². The van der Waals surface area contributed by atoms with Crippen LogP contribution in [0.25, 0.3) is 0 Å². The molecule has 1 fully saturated rings. The first-order valence-electron chi connectivity index (χ1n) is 7.59. The molecule has 1 aliphatic carbocycles. The highest BCUT2D eigenvalue weighted by molar-refractivity contribution is 7.98. The Morgan fingerprint density at radius 1 is 1.43 bits per heavy atom. The number of urea groups is 1. The molecule has 0 aromatic rings. The Bertz CT molecular complexity index is 368. The van der Waals surface area contributed by atoms with Gasteiger partial charge in [-0.2, -0.15) is 11.8 Å². The van der Waals surface area contributed by atoms with Gasteiger partial charge in [0.05, 0.1) is 0 Å². The van der Waals surface area contributed by atoms with Crippen LogP contribution in [-0.4, -0.2) is 52.6 Å². The Labute approximate surface area is 131 Å². The molecule has 0 aromatic heterocycles. The van der Waals surface area contributed by atoms with Crippen LogP contribution in [0.2, 0.25) is 0 Å². The zero-order chi connectivity index (χ0) is 16.0. The van der Waals surface area contributed by atoms with Crippen molar-refractivity contribution in [3.63, 3.8) is 0 Å². The molecule has 0 spiro atoms. The van der Waals surface area contributed by atoms with Crippen LogP contribution < -0.4 is 5.32 Å². The lowest BCUT2D eigenvalue weighted by Crippen LogP contribution is -2.59. The van der Waals surface area contributed by atoms with Gasteiger partial charge in [-0.05, 0) is 57.0 Å². The van der Waals surface area contributed by atoms with Crippen LogP contribution in [0.5, 0.6) is 0 Å². The number of rotatable bonds is 6. The normalized spacial score (nSPS) is 27.0. The summed E-state index contributed by atoms with van der Waals surface area (Å²) in [5.41, 5.74) is -1.09. The number of hydrogen-bond acceptors (Lipinski definition) is 3. The molecule has 1 saturated carbocycles. The van der Waals surface area contributed by atoms with Crippen molar-refractivity contribution < 1.29 is 14.7 Å². The van der Waals surface area contributed by atoms with E-state index in [1.54, 1.807) is 23.7 Å². The van der Waals surface area contributed by atoms with E-state index >= 15 is 0 Å². The van der Waals surface area contributed by atoms with Gasteiger partial charge in [0, 0.05) is 13.1 Å². The predicted octanol–water partition coefficient (Wildman–Crippen LogP) is 2.80. The van der Waals surface area contributed by atoms with Crippen LogP contribution in [0.1, 0.15) is 46.0 Å². The molecule has 2 N–H and O–H groups in total. The van der Waals surface area contributed by atoms with Crippen LogP contribution in [-0.2, 0) is 4.79 Å². The molecule has 1 aliphatic rings. The maximum Gasteiger partial charge on any atom is 0.329 e. The van der Waals surface area contributed by atoms with Gasteiger partial charge in [0.15, 0.2) is 0 Å². The summed E-state index contributed by atoms with van der Waals surface area (Å²) in [5, 5.41) is 12.3. The highest BCUT2D eigenvalue weighted by atomic mass is 32.2. The smallest absolute Gasteiger partial charge is 0.329 e. The summed E-state index contributed by atoms with van der Waals surface area (Å²) >= 11 is 1.75. The van der Waals surface area contributed by atoms with E-state index in [2.05, 4.69) is 12.2 Å². The largest absolute Gasteiger partial charge is 0.480 e. The maximum atomic E-state index is 12.4. The number of thioether (sulfide) groups is 1. The van der Waals surface area contributed by atoms with Gasteiger partial charge in [-0.1, -0.05) is 6.92 Å². The SMILES string of the molecule is CSCCC(C)N(C)C(=O)NC1(C(=O)O)CCC(C)CC1. The zero-order valence-electron chi connectivity index (χ0n) is 13.5. The Morgan fingerprint density at radius 3 is 2.48 bits per heavy atom. The third-order valence-electron chi connectivity index (χ3n) is 4.60. The molecule has 6 heteroatoms. The quantitative estimate of drug-likeness (QED) is 0.790. The molecule has 2 amide bonds. The number of nitrogens with one attached hydrogen (secondary N) is 1. The first-order chi connectivity index (χ1) is 9.82. The molecule has 0 bridgehead atoms. The molecular formula is C15H28N2O3S. The molecule has 0 saturated heterocycles. The molecule has 0 radical (unpaired) electrons. The van der Waals surface area contributed by atoms with Crippen molar-refractivity contribution in [2.75, 3.05) is 19.1 Å². The van der Waals surface area contributed by atoms with Crippen molar-refractivity contribution in [1.29, 1.82) is 0 Å². The minimum absolute atomic E-state index is 0.103. The highest BCUT2D eigenvalue weighted by Crippen LogP contribution is 2.32. The minimum Gasteiger partial charge on any atom is -0.480 e. The maximum absolute atomic E-state index is 12.4. The molecule has 122 valence electrons. The van der Waals surface area contributed by atoms with Crippen LogP contribution in [0, 0.1) is 5.92 Å². The molecule has 21 heavy (non-hydrogen) atoms. The van der Waals surface area contributed by atoms with Crippen molar-refractivity contribution in [3.05, 3.63) is 0 Å². The Morgan fingerprint density at radius 2 is 2.00 bits per heavy atom. The van der Waals surface area contributed by atoms with E-state index in [4.69, 9.17) is 0 Å². The second-order valence-electron chi connectivity index (χ2n) is 6.24. The van der Waals surface area contributed by atoms with E-state index in [9.17, 15) is 14.7 Å². The lowest BCUT2D eigenvalue weighted by Gasteiger charge is -2.38. The Hall–Kier alpha value is -0.910. The summed E-state index contributed by atoms with van der Waals surface area (Å²) in [4.78, 5) is 25.6. The summed E-state index contributed by atoms with van der Waals surface area (Å²) < 4.78 is 0. The second-order valence-corrected chi connectivity index (χ2v) is 7.23. The summed E-state index contributed by atoms with van der Waals surface area (Å²) in [5.74, 6) is 0.612. The average molecular weight is 316 g/mol. The lowest BCUT2D eigenvalue weighted by molar-refractivity contribution is -0.146. The van der Waals surface area contributed by atoms with E-state index in [1.807, 2.05) is 13.2 Å². The minimum atomic E-state index is -1.09. The van der Waals surface area contributed by atoms with E-state index in [-0.39, 0.29) is 12.1 Å². The number of nitrogens with zero attached hydrogens (tertiary/aromatic N) is 1. The fraction of sp³-hybridized carbons (Fsp3) is 0.867.